The Bertz CT molecular complexity index is 403. The molecule has 2 unspecified atom stereocenters. The fourth-order valence-electron chi connectivity index (χ4n) is 1.86. The summed E-state index contributed by atoms with van der Waals surface area (Å²) in [6.45, 7) is -0.0726. The van der Waals surface area contributed by atoms with Crippen LogP contribution in [-0.2, 0) is 9.59 Å². The minimum atomic E-state index is -0.509. The first-order valence-electron chi connectivity index (χ1n) is 5.29. The van der Waals surface area contributed by atoms with Crippen LogP contribution in [0.15, 0.2) is 30.3 Å². The molecule has 1 aliphatic rings. The van der Waals surface area contributed by atoms with E-state index in [0.717, 1.165) is 6.42 Å². The van der Waals surface area contributed by atoms with Gasteiger partial charge in [-0.1, -0.05) is 30.3 Å². The summed E-state index contributed by atoms with van der Waals surface area (Å²) in [6.07, 6.45) is 0.856. The van der Waals surface area contributed by atoms with Crippen LogP contribution in [0.25, 0.3) is 0 Å². The van der Waals surface area contributed by atoms with Gasteiger partial charge >= 0.3 is 0 Å². The highest BCUT2D eigenvalue weighted by Gasteiger charge is 2.43. The molecule has 0 heterocycles. The molecule has 1 aromatic rings. The molecule has 4 nitrogen and oxygen atoms in total. The van der Waals surface area contributed by atoms with Gasteiger partial charge in [0.05, 0.1) is 6.54 Å². The van der Waals surface area contributed by atoms with Crippen molar-refractivity contribution in [1.29, 1.82) is 0 Å². The number of hydrogen-bond acceptors (Lipinski definition) is 2. The van der Waals surface area contributed by atoms with E-state index < -0.39 is 5.91 Å². The van der Waals surface area contributed by atoms with Gasteiger partial charge < -0.3 is 11.1 Å². The number of nitrogens with two attached hydrogens (primary N) is 1. The molecule has 2 atom stereocenters. The molecule has 1 aromatic carbocycles. The van der Waals surface area contributed by atoms with Crippen molar-refractivity contribution in [3.63, 3.8) is 0 Å². The van der Waals surface area contributed by atoms with Crippen LogP contribution in [0.1, 0.15) is 17.9 Å². The normalized spacial score (nSPS) is 22.5. The highest BCUT2D eigenvalue weighted by molar-refractivity contribution is 5.87. The Kier molecular flexibility index (Phi) is 2.90. The van der Waals surface area contributed by atoms with Crippen molar-refractivity contribution in [3.05, 3.63) is 35.9 Å². The van der Waals surface area contributed by atoms with Gasteiger partial charge in [-0.25, -0.2) is 0 Å². The van der Waals surface area contributed by atoms with E-state index >= 15 is 0 Å². The minimum absolute atomic E-state index is 0.00162. The van der Waals surface area contributed by atoms with Crippen molar-refractivity contribution >= 4 is 11.8 Å². The maximum Gasteiger partial charge on any atom is 0.236 e. The van der Waals surface area contributed by atoms with E-state index in [-0.39, 0.29) is 18.4 Å². The maximum atomic E-state index is 11.6. The predicted molar refractivity (Wildman–Crippen MR) is 59.5 cm³/mol. The fraction of sp³-hybridized carbons (Fsp3) is 0.333. The number of carbonyl (C=O) groups is 2. The molecule has 3 N–H and O–H groups in total. The van der Waals surface area contributed by atoms with Gasteiger partial charge in [-0.15, -0.1) is 0 Å². The third kappa shape index (κ3) is 2.39. The van der Waals surface area contributed by atoms with E-state index in [1.54, 1.807) is 0 Å². The molecule has 2 rings (SSSR count). The summed E-state index contributed by atoms with van der Waals surface area (Å²) >= 11 is 0. The van der Waals surface area contributed by atoms with Crippen LogP contribution in [0.2, 0.25) is 0 Å². The Hall–Kier alpha value is -1.84. The quantitative estimate of drug-likeness (QED) is 0.767. The summed E-state index contributed by atoms with van der Waals surface area (Å²) in [5.41, 5.74) is 6.14. The highest BCUT2D eigenvalue weighted by atomic mass is 16.2. The first-order valence-corrected chi connectivity index (χ1v) is 5.29. The van der Waals surface area contributed by atoms with Crippen LogP contribution in [-0.4, -0.2) is 18.4 Å². The summed E-state index contributed by atoms with van der Waals surface area (Å²) in [5.74, 6) is -0.284. The average Bonchev–Trinajstić information content (AvgIpc) is 3.07. The summed E-state index contributed by atoms with van der Waals surface area (Å²) in [6, 6.07) is 9.92. The van der Waals surface area contributed by atoms with E-state index in [1.807, 2.05) is 30.3 Å². The molecular weight excluding hydrogens is 204 g/mol. The Morgan fingerprint density at radius 2 is 2.00 bits per heavy atom. The van der Waals surface area contributed by atoms with Crippen molar-refractivity contribution in [2.45, 2.75) is 12.3 Å². The Labute approximate surface area is 93.8 Å². The first-order chi connectivity index (χ1) is 7.68. The molecule has 84 valence electrons. The third-order valence-electron chi connectivity index (χ3n) is 2.79. The van der Waals surface area contributed by atoms with Gasteiger partial charge in [0.25, 0.3) is 0 Å². The fourth-order valence-corrected chi connectivity index (χ4v) is 1.86. The van der Waals surface area contributed by atoms with E-state index in [0.29, 0.717) is 5.92 Å². The SMILES string of the molecule is NC(=O)CNC(=O)C1CC1c1ccccc1. The summed E-state index contributed by atoms with van der Waals surface area (Å²) in [5, 5.41) is 2.53. The van der Waals surface area contributed by atoms with Crippen LogP contribution in [0.4, 0.5) is 0 Å². The van der Waals surface area contributed by atoms with E-state index in [9.17, 15) is 9.59 Å². The topological polar surface area (TPSA) is 72.2 Å². The lowest BCUT2D eigenvalue weighted by Gasteiger charge is -2.02. The second kappa shape index (κ2) is 4.35. The van der Waals surface area contributed by atoms with Crippen LogP contribution >= 0.6 is 0 Å². The zero-order valence-corrected chi connectivity index (χ0v) is 8.85. The lowest BCUT2D eigenvalue weighted by molar-refractivity contribution is -0.125. The van der Waals surface area contributed by atoms with Crippen LogP contribution in [0, 0.1) is 5.92 Å². The molecule has 2 amide bonds. The average molecular weight is 218 g/mol. The second-order valence-corrected chi connectivity index (χ2v) is 4.04. The molecule has 0 bridgehead atoms. The maximum absolute atomic E-state index is 11.6. The highest BCUT2D eigenvalue weighted by Crippen LogP contribution is 2.47. The molecule has 0 aliphatic heterocycles. The van der Waals surface area contributed by atoms with Crippen molar-refractivity contribution in [3.8, 4) is 0 Å². The largest absolute Gasteiger partial charge is 0.368 e. The molecule has 1 aliphatic carbocycles. The van der Waals surface area contributed by atoms with Gasteiger partial charge in [0.1, 0.15) is 0 Å². The molecule has 0 saturated heterocycles. The molecular formula is C12H14N2O2. The monoisotopic (exact) mass is 218 g/mol. The standard InChI is InChI=1S/C12H14N2O2/c13-11(15)7-14-12(16)10-6-9(10)8-4-2-1-3-5-8/h1-5,9-10H,6-7H2,(H2,13,15)(H,14,16). The van der Waals surface area contributed by atoms with Crippen LogP contribution in [0.5, 0.6) is 0 Å². The molecule has 0 spiro atoms. The van der Waals surface area contributed by atoms with Crippen molar-refractivity contribution in [1.82, 2.24) is 5.32 Å². The molecule has 0 aromatic heterocycles. The van der Waals surface area contributed by atoms with Crippen molar-refractivity contribution < 1.29 is 9.59 Å². The lowest BCUT2D eigenvalue weighted by atomic mass is 10.1. The van der Waals surface area contributed by atoms with E-state index in [2.05, 4.69) is 5.32 Å². The zero-order chi connectivity index (χ0) is 11.5. The number of rotatable bonds is 4. The van der Waals surface area contributed by atoms with Crippen LogP contribution in [0.3, 0.4) is 0 Å². The Morgan fingerprint density at radius 3 is 2.62 bits per heavy atom. The van der Waals surface area contributed by atoms with E-state index in [4.69, 9.17) is 5.73 Å². The minimum Gasteiger partial charge on any atom is -0.368 e. The number of carbonyl (C=O) groups excluding carboxylic acids is 2. The summed E-state index contributed by atoms with van der Waals surface area (Å²) < 4.78 is 0. The van der Waals surface area contributed by atoms with Crippen molar-refractivity contribution in [2.75, 3.05) is 6.54 Å². The van der Waals surface area contributed by atoms with Crippen molar-refractivity contribution in [2.24, 2.45) is 11.7 Å². The smallest absolute Gasteiger partial charge is 0.236 e. The molecule has 0 radical (unpaired) electrons. The first kappa shape index (κ1) is 10.7. The zero-order valence-electron chi connectivity index (χ0n) is 8.85. The van der Waals surface area contributed by atoms with Gasteiger partial charge in [0.2, 0.25) is 11.8 Å². The molecule has 4 heteroatoms. The van der Waals surface area contributed by atoms with Gasteiger partial charge in [0.15, 0.2) is 0 Å². The van der Waals surface area contributed by atoms with E-state index in [1.165, 1.54) is 5.56 Å². The summed E-state index contributed by atoms with van der Waals surface area (Å²) in [7, 11) is 0. The summed E-state index contributed by atoms with van der Waals surface area (Å²) in [4.78, 5) is 22.1. The molecule has 16 heavy (non-hydrogen) atoms. The predicted octanol–water partition coefficient (Wildman–Crippen LogP) is 0.392. The number of hydrogen-bond donors (Lipinski definition) is 2. The molecule has 1 saturated carbocycles. The molecule has 1 fully saturated rings. The van der Waals surface area contributed by atoms with Gasteiger partial charge in [-0.3, -0.25) is 9.59 Å². The number of amides is 2. The van der Waals surface area contributed by atoms with Gasteiger partial charge in [0, 0.05) is 5.92 Å². The lowest BCUT2D eigenvalue weighted by Crippen LogP contribution is -2.34. The van der Waals surface area contributed by atoms with Gasteiger partial charge in [-0.05, 0) is 17.9 Å². The number of nitrogens with one attached hydrogen (secondary N) is 1. The Balaban J connectivity index is 1.87. The second-order valence-electron chi connectivity index (χ2n) is 4.04. The van der Waals surface area contributed by atoms with Crippen LogP contribution < -0.4 is 11.1 Å². The van der Waals surface area contributed by atoms with Gasteiger partial charge in [-0.2, -0.15) is 0 Å². The number of benzene rings is 1. The Morgan fingerprint density at radius 1 is 1.31 bits per heavy atom. The number of primary amides is 1. The third-order valence-corrected chi connectivity index (χ3v) is 2.79.